The van der Waals surface area contributed by atoms with Crippen LogP contribution in [-0.2, 0) is 0 Å². The zero-order valence-corrected chi connectivity index (χ0v) is 13.6. The van der Waals surface area contributed by atoms with Crippen LogP contribution in [0.1, 0.15) is 65.7 Å². The first-order valence-corrected chi connectivity index (χ1v) is 8.85. The first kappa shape index (κ1) is 14.8. The van der Waals surface area contributed by atoms with Gasteiger partial charge in [0.2, 0.25) is 0 Å². The predicted octanol–water partition coefficient (Wildman–Crippen LogP) is 3.68. The van der Waals surface area contributed by atoms with E-state index in [2.05, 4.69) is 25.7 Å². The van der Waals surface area contributed by atoms with Gasteiger partial charge >= 0.3 is 0 Å². The van der Waals surface area contributed by atoms with Gasteiger partial charge < -0.3 is 5.11 Å². The SMILES string of the molecule is CC(C)(C)C1CCC(O)C(N(CC2CC2)CC2CC2)C1. The monoisotopic (exact) mass is 279 g/mol. The summed E-state index contributed by atoms with van der Waals surface area (Å²) in [5.74, 6) is 2.66. The molecule has 0 saturated heterocycles. The molecule has 3 atom stereocenters. The van der Waals surface area contributed by atoms with Crippen molar-refractivity contribution in [2.75, 3.05) is 13.1 Å². The maximum absolute atomic E-state index is 10.5. The average Bonchev–Trinajstić information content (AvgIpc) is 3.22. The van der Waals surface area contributed by atoms with Gasteiger partial charge in [-0.1, -0.05) is 20.8 Å². The fraction of sp³-hybridized carbons (Fsp3) is 1.00. The first-order chi connectivity index (χ1) is 9.43. The molecule has 0 spiro atoms. The number of hydrogen-bond acceptors (Lipinski definition) is 2. The van der Waals surface area contributed by atoms with Crippen LogP contribution in [0.2, 0.25) is 0 Å². The van der Waals surface area contributed by atoms with Crippen molar-refractivity contribution in [1.82, 2.24) is 4.90 Å². The van der Waals surface area contributed by atoms with E-state index in [4.69, 9.17) is 0 Å². The molecule has 0 aromatic carbocycles. The van der Waals surface area contributed by atoms with Crippen LogP contribution < -0.4 is 0 Å². The summed E-state index contributed by atoms with van der Waals surface area (Å²) in [6.07, 6.45) is 9.05. The second kappa shape index (κ2) is 5.61. The van der Waals surface area contributed by atoms with E-state index in [1.807, 2.05) is 0 Å². The highest BCUT2D eigenvalue weighted by atomic mass is 16.3. The molecule has 3 aliphatic rings. The van der Waals surface area contributed by atoms with E-state index in [1.54, 1.807) is 0 Å². The Kier molecular flexibility index (Phi) is 4.16. The van der Waals surface area contributed by atoms with Crippen molar-refractivity contribution in [2.45, 2.75) is 77.9 Å². The van der Waals surface area contributed by atoms with E-state index < -0.39 is 0 Å². The van der Waals surface area contributed by atoms with E-state index >= 15 is 0 Å². The van der Waals surface area contributed by atoms with Crippen LogP contribution in [0.5, 0.6) is 0 Å². The van der Waals surface area contributed by atoms with Crippen molar-refractivity contribution >= 4 is 0 Å². The summed E-state index contributed by atoms with van der Waals surface area (Å²) in [5, 5.41) is 10.5. The standard InChI is InChI=1S/C18H33NO/c1-18(2,3)15-8-9-17(20)16(10-15)19(11-13-4-5-13)12-14-6-7-14/h13-17,20H,4-12H2,1-3H3. The maximum Gasteiger partial charge on any atom is 0.0695 e. The third kappa shape index (κ3) is 3.76. The molecule has 116 valence electrons. The Morgan fingerprint density at radius 1 is 0.900 bits per heavy atom. The van der Waals surface area contributed by atoms with Crippen LogP contribution >= 0.6 is 0 Å². The molecule has 2 nitrogen and oxygen atoms in total. The lowest BCUT2D eigenvalue weighted by atomic mass is 9.70. The predicted molar refractivity (Wildman–Crippen MR) is 83.6 cm³/mol. The molecule has 3 saturated carbocycles. The smallest absolute Gasteiger partial charge is 0.0695 e. The molecule has 0 radical (unpaired) electrons. The molecule has 3 rings (SSSR count). The third-order valence-corrected chi connectivity index (χ3v) is 5.85. The van der Waals surface area contributed by atoms with E-state index in [-0.39, 0.29) is 6.10 Å². The highest BCUT2D eigenvalue weighted by Crippen LogP contribution is 2.42. The average molecular weight is 279 g/mol. The van der Waals surface area contributed by atoms with Crippen molar-refractivity contribution < 1.29 is 5.11 Å². The van der Waals surface area contributed by atoms with E-state index in [0.29, 0.717) is 11.5 Å². The van der Waals surface area contributed by atoms with E-state index in [9.17, 15) is 5.11 Å². The summed E-state index contributed by atoms with van der Waals surface area (Å²) in [6, 6.07) is 0.439. The minimum Gasteiger partial charge on any atom is -0.391 e. The lowest BCUT2D eigenvalue weighted by molar-refractivity contribution is -0.0203. The zero-order valence-electron chi connectivity index (χ0n) is 13.6. The molecule has 1 N–H and O–H groups in total. The normalized spacial score (nSPS) is 35.5. The van der Waals surface area contributed by atoms with Gasteiger partial charge in [0.15, 0.2) is 0 Å². The molecule has 0 bridgehead atoms. The molecular weight excluding hydrogens is 246 g/mol. The lowest BCUT2D eigenvalue weighted by Gasteiger charge is -2.45. The summed E-state index contributed by atoms with van der Waals surface area (Å²) in [7, 11) is 0. The van der Waals surface area contributed by atoms with Gasteiger partial charge in [-0.25, -0.2) is 0 Å². The Hall–Kier alpha value is -0.0800. The molecule has 0 aromatic heterocycles. The largest absolute Gasteiger partial charge is 0.391 e. The molecule has 2 heteroatoms. The molecule has 3 unspecified atom stereocenters. The van der Waals surface area contributed by atoms with Gasteiger partial charge in [-0.15, -0.1) is 0 Å². The highest BCUT2D eigenvalue weighted by Gasteiger charge is 2.40. The van der Waals surface area contributed by atoms with Crippen LogP contribution in [0.15, 0.2) is 0 Å². The van der Waals surface area contributed by atoms with Crippen molar-refractivity contribution in [2.24, 2.45) is 23.2 Å². The quantitative estimate of drug-likeness (QED) is 0.830. The Morgan fingerprint density at radius 2 is 1.45 bits per heavy atom. The minimum atomic E-state index is -0.0777. The number of rotatable bonds is 5. The van der Waals surface area contributed by atoms with Crippen LogP contribution in [0.25, 0.3) is 0 Å². The van der Waals surface area contributed by atoms with Crippen LogP contribution in [0.4, 0.5) is 0 Å². The van der Waals surface area contributed by atoms with E-state index in [1.165, 1.54) is 51.6 Å². The summed E-state index contributed by atoms with van der Waals surface area (Å²) < 4.78 is 0. The van der Waals surface area contributed by atoms with Crippen LogP contribution in [0.3, 0.4) is 0 Å². The molecule has 0 heterocycles. The summed E-state index contributed by atoms with van der Waals surface area (Å²) in [5.41, 5.74) is 0.392. The third-order valence-electron chi connectivity index (χ3n) is 5.85. The molecule has 0 amide bonds. The molecule has 20 heavy (non-hydrogen) atoms. The lowest BCUT2D eigenvalue weighted by Crippen LogP contribution is -2.50. The minimum absolute atomic E-state index is 0.0777. The topological polar surface area (TPSA) is 23.5 Å². The number of hydrogen-bond donors (Lipinski definition) is 1. The maximum atomic E-state index is 10.5. The Morgan fingerprint density at radius 3 is 1.90 bits per heavy atom. The molecule has 0 aromatic rings. The summed E-state index contributed by atoms with van der Waals surface area (Å²) in [4.78, 5) is 2.69. The number of aliphatic hydroxyl groups excluding tert-OH is 1. The van der Waals surface area contributed by atoms with Gasteiger partial charge in [0, 0.05) is 19.1 Å². The molecule has 0 aliphatic heterocycles. The van der Waals surface area contributed by atoms with Crippen LogP contribution in [-0.4, -0.2) is 35.2 Å². The van der Waals surface area contributed by atoms with Gasteiger partial charge in [-0.2, -0.15) is 0 Å². The summed E-state index contributed by atoms with van der Waals surface area (Å²) >= 11 is 0. The molecule has 3 aliphatic carbocycles. The van der Waals surface area contributed by atoms with Crippen molar-refractivity contribution in [3.8, 4) is 0 Å². The number of aliphatic hydroxyl groups is 1. The summed E-state index contributed by atoms with van der Waals surface area (Å²) in [6.45, 7) is 9.64. The van der Waals surface area contributed by atoms with Gasteiger partial charge in [0.05, 0.1) is 6.10 Å². The second-order valence-electron chi connectivity index (χ2n) is 8.85. The fourth-order valence-corrected chi connectivity index (χ4v) is 3.92. The first-order valence-electron chi connectivity index (χ1n) is 8.85. The van der Waals surface area contributed by atoms with E-state index in [0.717, 1.165) is 24.2 Å². The van der Waals surface area contributed by atoms with Gasteiger partial charge in [-0.05, 0) is 68.1 Å². The number of nitrogens with zero attached hydrogens (tertiary/aromatic N) is 1. The molecule has 3 fully saturated rings. The van der Waals surface area contributed by atoms with Crippen LogP contribution in [0, 0.1) is 23.2 Å². The van der Waals surface area contributed by atoms with Gasteiger partial charge in [-0.3, -0.25) is 4.90 Å². The molecular formula is C18H33NO. The highest BCUT2D eigenvalue weighted by molar-refractivity contribution is 4.94. The van der Waals surface area contributed by atoms with Gasteiger partial charge in [0.1, 0.15) is 0 Å². The van der Waals surface area contributed by atoms with Crippen molar-refractivity contribution in [1.29, 1.82) is 0 Å². The Bertz CT molecular complexity index is 313. The Labute approximate surface area is 124 Å². The second-order valence-corrected chi connectivity index (χ2v) is 8.85. The zero-order chi connectivity index (χ0) is 14.3. The fourth-order valence-electron chi connectivity index (χ4n) is 3.92. The van der Waals surface area contributed by atoms with Crippen molar-refractivity contribution in [3.63, 3.8) is 0 Å². The van der Waals surface area contributed by atoms with Crippen molar-refractivity contribution in [3.05, 3.63) is 0 Å². The van der Waals surface area contributed by atoms with Gasteiger partial charge in [0.25, 0.3) is 0 Å². The Balaban J connectivity index is 1.65.